The van der Waals surface area contributed by atoms with Gasteiger partial charge in [0.1, 0.15) is 0 Å². The molecule has 3 heterocycles. The van der Waals surface area contributed by atoms with E-state index in [1.807, 2.05) is 71.5 Å². The van der Waals surface area contributed by atoms with Crippen molar-refractivity contribution in [2.24, 2.45) is 0 Å². The lowest BCUT2D eigenvalue weighted by atomic mass is 10.2. The second kappa shape index (κ2) is 8.08. The van der Waals surface area contributed by atoms with Crippen LogP contribution >= 0.6 is 0 Å². The van der Waals surface area contributed by atoms with Gasteiger partial charge >= 0.3 is 0 Å². The van der Waals surface area contributed by atoms with Crippen LogP contribution in [-0.4, -0.2) is 29.4 Å². The summed E-state index contributed by atoms with van der Waals surface area (Å²) in [6, 6.07) is 26.3. The third-order valence-electron chi connectivity index (χ3n) is 5.37. The number of rotatable bonds is 6. The molecule has 0 bridgehead atoms. The lowest BCUT2D eigenvalue weighted by Crippen LogP contribution is -2.01. The number of benzene rings is 3. The van der Waals surface area contributed by atoms with Crippen molar-refractivity contribution in [1.29, 1.82) is 0 Å². The summed E-state index contributed by atoms with van der Waals surface area (Å²) in [5, 5.41) is 16.8. The van der Waals surface area contributed by atoms with E-state index < -0.39 is 0 Å². The van der Waals surface area contributed by atoms with Crippen molar-refractivity contribution in [2.45, 2.75) is 6.54 Å². The van der Waals surface area contributed by atoms with E-state index in [0.717, 1.165) is 22.3 Å². The zero-order chi connectivity index (χ0) is 22.0. The van der Waals surface area contributed by atoms with Gasteiger partial charge in [0.15, 0.2) is 5.82 Å². The minimum atomic E-state index is 0.493. The Morgan fingerprint density at radius 3 is 2.48 bits per heavy atom. The molecular formula is C25H20N8. The number of fused-ring (bicyclic) bond motifs is 2. The molecule has 0 amide bonds. The molecule has 0 spiro atoms. The van der Waals surface area contributed by atoms with Crippen LogP contribution in [0.5, 0.6) is 0 Å². The Kier molecular flexibility index (Phi) is 4.65. The summed E-state index contributed by atoms with van der Waals surface area (Å²) in [5.74, 6) is 1.13. The Morgan fingerprint density at radius 1 is 0.818 bits per heavy atom. The number of hydrogen-bond donors (Lipinski definition) is 2. The van der Waals surface area contributed by atoms with Gasteiger partial charge in [-0.3, -0.25) is 4.68 Å². The largest absolute Gasteiger partial charge is 0.337 e. The van der Waals surface area contributed by atoms with Crippen LogP contribution in [0.1, 0.15) is 5.56 Å². The predicted octanol–water partition coefficient (Wildman–Crippen LogP) is 5.01. The highest BCUT2D eigenvalue weighted by Crippen LogP contribution is 2.24. The highest BCUT2D eigenvalue weighted by molar-refractivity contribution is 5.83. The van der Waals surface area contributed by atoms with Gasteiger partial charge in [-0.25, -0.2) is 9.50 Å². The van der Waals surface area contributed by atoms with Crippen molar-refractivity contribution < 1.29 is 0 Å². The Labute approximate surface area is 189 Å². The summed E-state index contributed by atoms with van der Waals surface area (Å²) in [7, 11) is 0. The molecule has 3 aromatic carbocycles. The van der Waals surface area contributed by atoms with E-state index in [-0.39, 0.29) is 0 Å². The summed E-state index contributed by atoms with van der Waals surface area (Å²) in [4.78, 5) is 9.09. The molecule has 0 fully saturated rings. The average molecular weight is 432 g/mol. The Morgan fingerprint density at radius 2 is 1.64 bits per heavy atom. The molecule has 160 valence electrons. The summed E-state index contributed by atoms with van der Waals surface area (Å²) < 4.78 is 3.71. The fourth-order valence-electron chi connectivity index (χ4n) is 3.78. The normalized spacial score (nSPS) is 11.2. The van der Waals surface area contributed by atoms with E-state index in [1.165, 1.54) is 5.56 Å². The molecule has 0 atom stereocenters. The van der Waals surface area contributed by atoms with Gasteiger partial charge in [-0.05, 0) is 35.9 Å². The maximum Gasteiger partial charge on any atom is 0.247 e. The molecule has 0 unspecified atom stereocenters. The summed E-state index contributed by atoms with van der Waals surface area (Å²) in [6.07, 6.45) is 5.37. The van der Waals surface area contributed by atoms with E-state index in [1.54, 1.807) is 16.9 Å². The van der Waals surface area contributed by atoms with E-state index in [0.29, 0.717) is 24.0 Å². The van der Waals surface area contributed by atoms with E-state index in [9.17, 15) is 0 Å². The predicted molar refractivity (Wildman–Crippen MR) is 129 cm³/mol. The third-order valence-corrected chi connectivity index (χ3v) is 5.37. The first-order chi connectivity index (χ1) is 16.3. The van der Waals surface area contributed by atoms with Crippen LogP contribution in [0.4, 0.5) is 23.1 Å². The Hall–Kier alpha value is -4.72. The van der Waals surface area contributed by atoms with E-state index in [4.69, 9.17) is 0 Å². The molecule has 0 saturated heterocycles. The Bertz CT molecular complexity index is 1540. The minimum Gasteiger partial charge on any atom is -0.337 e. The summed E-state index contributed by atoms with van der Waals surface area (Å²) in [5.41, 5.74) is 4.71. The standard InChI is InChI=1S/C25H20N8/c1-3-7-18(8-4-1)17-33-22-15-21(12-11-19(22)16-27-33)29-25-30-24-23(26-13-14-32(24)31-25)28-20-9-5-2-6-10-20/h1-16H,17H2,(H,26,28)(H,29,31). The molecule has 8 nitrogen and oxygen atoms in total. The second-order valence-electron chi connectivity index (χ2n) is 7.66. The van der Waals surface area contributed by atoms with Gasteiger partial charge in [-0.2, -0.15) is 10.1 Å². The number of nitrogens with one attached hydrogen (secondary N) is 2. The van der Waals surface area contributed by atoms with Crippen LogP contribution in [0.2, 0.25) is 0 Å². The first-order valence-electron chi connectivity index (χ1n) is 10.6. The smallest absolute Gasteiger partial charge is 0.247 e. The molecule has 0 saturated carbocycles. The highest BCUT2D eigenvalue weighted by atomic mass is 15.4. The molecule has 0 aliphatic heterocycles. The van der Waals surface area contributed by atoms with Crippen LogP contribution in [-0.2, 0) is 6.54 Å². The minimum absolute atomic E-state index is 0.493. The van der Waals surface area contributed by atoms with Crippen molar-refractivity contribution in [1.82, 2.24) is 29.4 Å². The highest BCUT2D eigenvalue weighted by Gasteiger charge is 2.11. The molecule has 33 heavy (non-hydrogen) atoms. The van der Waals surface area contributed by atoms with Gasteiger partial charge in [0.25, 0.3) is 0 Å². The number of aromatic nitrogens is 6. The van der Waals surface area contributed by atoms with Crippen molar-refractivity contribution in [3.8, 4) is 0 Å². The molecule has 0 aliphatic carbocycles. The molecule has 6 aromatic rings. The van der Waals surface area contributed by atoms with Crippen molar-refractivity contribution in [2.75, 3.05) is 10.6 Å². The summed E-state index contributed by atoms with van der Waals surface area (Å²) >= 11 is 0. The maximum absolute atomic E-state index is 4.66. The van der Waals surface area contributed by atoms with Crippen LogP contribution in [0.15, 0.2) is 97.5 Å². The monoisotopic (exact) mass is 432 g/mol. The van der Waals surface area contributed by atoms with Crippen molar-refractivity contribution >= 4 is 39.7 Å². The molecule has 6 rings (SSSR count). The molecule has 8 heteroatoms. The molecule has 3 aromatic heterocycles. The van der Waals surface area contributed by atoms with Gasteiger partial charge in [-0.1, -0.05) is 48.5 Å². The van der Waals surface area contributed by atoms with Gasteiger partial charge in [0.2, 0.25) is 11.6 Å². The maximum atomic E-state index is 4.66. The van der Waals surface area contributed by atoms with Crippen LogP contribution in [0.25, 0.3) is 16.6 Å². The second-order valence-corrected chi connectivity index (χ2v) is 7.66. The number of anilines is 4. The Balaban J connectivity index is 1.29. The van der Waals surface area contributed by atoms with E-state index in [2.05, 4.69) is 49.0 Å². The SMILES string of the molecule is c1ccc(Cn2ncc3ccc(Nc4nc5c(Nc6ccccc6)nccn5n4)cc32)cc1. The van der Waals surface area contributed by atoms with Gasteiger partial charge < -0.3 is 10.6 Å². The molecule has 0 aliphatic rings. The fraction of sp³-hybridized carbons (Fsp3) is 0.0400. The van der Waals surface area contributed by atoms with Gasteiger partial charge in [0.05, 0.1) is 18.3 Å². The van der Waals surface area contributed by atoms with Gasteiger partial charge in [0, 0.05) is 29.2 Å². The summed E-state index contributed by atoms with van der Waals surface area (Å²) in [6.45, 7) is 0.709. The zero-order valence-electron chi connectivity index (χ0n) is 17.6. The lowest BCUT2D eigenvalue weighted by Gasteiger charge is -2.06. The fourth-order valence-corrected chi connectivity index (χ4v) is 3.78. The molecule has 0 radical (unpaired) electrons. The lowest BCUT2D eigenvalue weighted by molar-refractivity contribution is 0.712. The van der Waals surface area contributed by atoms with Crippen LogP contribution in [0.3, 0.4) is 0 Å². The number of para-hydroxylation sites is 1. The number of hydrogen-bond acceptors (Lipinski definition) is 6. The van der Waals surface area contributed by atoms with Crippen LogP contribution < -0.4 is 10.6 Å². The topological polar surface area (TPSA) is 85.0 Å². The first kappa shape index (κ1) is 19.0. The third kappa shape index (κ3) is 3.85. The molecule has 2 N–H and O–H groups in total. The molecular weight excluding hydrogens is 412 g/mol. The quantitative estimate of drug-likeness (QED) is 0.385. The van der Waals surface area contributed by atoms with Crippen molar-refractivity contribution in [3.05, 3.63) is 103 Å². The van der Waals surface area contributed by atoms with Crippen molar-refractivity contribution in [3.63, 3.8) is 0 Å². The zero-order valence-corrected chi connectivity index (χ0v) is 17.6. The first-order valence-corrected chi connectivity index (χ1v) is 10.6. The van der Waals surface area contributed by atoms with Crippen LogP contribution in [0, 0.1) is 0 Å². The van der Waals surface area contributed by atoms with Gasteiger partial charge in [-0.15, -0.1) is 5.10 Å². The van der Waals surface area contributed by atoms with E-state index >= 15 is 0 Å². The number of nitrogens with zero attached hydrogens (tertiary/aromatic N) is 6. The average Bonchev–Trinajstić information content (AvgIpc) is 3.45.